The first-order chi connectivity index (χ1) is 14.4. The number of alkyl halides is 6. The Morgan fingerprint density at radius 2 is 1.19 bits per heavy atom. The maximum Gasteiger partial charge on any atom is 0.446 e. The number of halogens is 6. The Balaban J connectivity index is 2.33. The predicted molar refractivity (Wildman–Crippen MR) is 95.3 cm³/mol. The number of nitrogens with one attached hydrogen (secondary N) is 2. The molecule has 0 fully saturated rings. The quantitative estimate of drug-likeness (QED) is 0.322. The molecule has 0 saturated heterocycles. The third-order valence-electron chi connectivity index (χ3n) is 3.60. The summed E-state index contributed by atoms with van der Waals surface area (Å²) in [6, 6.07) is 4.55. The van der Waals surface area contributed by atoms with Gasteiger partial charge in [-0.1, -0.05) is 0 Å². The van der Waals surface area contributed by atoms with Crippen molar-refractivity contribution in [2.45, 2.75) is 27.7 Å². The van der Waals surface area contributed by atoms with E-state index in [9.17, 15) is 26.3 Å². The van der Waals surface area contributed by atoms with Crippen LogP contribution < -0.4 is 20.1 Å². The van der Waals surface area contributed by atoms with E-state index in [0.29, 0.717) is 0 Å². The second-order valence-electron chi connectivity index (χ2n) is 5.61. The summed E-state index contributed by atoms with van der Waals surface area (Å²) in [6.07, 6.45) is 0. The van der Waals surface area contributed by atoms with Gasteiger partial charge < -0.3 is 20.1 Å². The fourth-order valence-electron chi connectivity index (χ4n) is 2.45. The maximum atomic E-state index is 13.2. The lowest BCUT2D eigenvalue weighted by Gasteiger charge is -2.16. The van der Waals surface area contributed by atoms with Gasteiger partial charge in [0.15, 0.2) is 17.1 Å². The van der Waals surface area contributed by atoms with Crippen LogP contribution in [-0.2, 0) is 0 Å². The van der Waals surface area contributed by atoms with Gasteiger partial charge in [-0.2, -0.15) is 42.1 Å². The number of nitrogens with zero attached hydrogens (tertiary/aromatic N) is 3. The van der Waals surface area contributed by atoms with Crippen LogP contribution in [0.4, 0.5) is 37.7 Å². The minimum atomic E-state index is -4.89. The number of allylic oxidation sites excluding steroid dienone is 2. The number of fused-ring (bicyclic) bond motifs is 2. The topological polar surface area (TPSA) is 114 Å². The monoisotopic (exact) mass is 477 g/mol. The van der Waals surface area contributed by atoms with Crippen LogP contribution in [-0.4, -0.2) is 11.0 Å². The van der Waals surface area contributed by atoms with Gasteiger partial charge in [-0.15, -0.1) is 0 Å². The number of rotatable bonds is 2. The first-order valence-corrected chi connectivity index (χ1v) is 9.32. The van der Waals surface area contributed by atoms with Crippen molar-refractivity contribution in [3.05, 3.63) is 22.9 Å². The molecule has 7 nitrogen and oxygen atoms in total. The number of hydrogen-bond donors (Lipinski definition) is 2. The molecule has 1 aromatic rings. The molecule has 0 saturated carbocycles. The van der Waals surface area contributed by atoms with Crippen LogP contribution in [0.3, 0.4) is 0 Å². The van der Waals surface area contributed by atoms with Crippen LogP contribution >= 0.6 is 23.5 Å². The van der Waals surface area contributed by atoms with E-state index in [-0.39, 0.29) is 11.5 Å². The standard InChI is InChI=1S/C16H5F6N5O2S2/c1-5(2-23)13-26-7-9(28-13)12(31-16(20,21)22)8-10(11(7)30-15(17,18)19)29-14(27-8)6(3-24)4-25/h26-27H,1H3/b13-5-. The van der Waals surface area contributed by atoms with E-state index in [2.05, 4.69) is 10.6 Å². The van der Waals surface area contributed by atoms with Gasteiger partial charge >= 0.3 is 11.0 Å². The lowest BCUT2D eigenvalue weighted by atomic mass is 10.2. The molecule has 0 unspecified atom stereocenters. The fourth-order valence-corrected chi connectivity index (χ4v) is 3.88. The van der Waals surface area contributed by atoms with Crippen molar-refractivity contribution >= 4 is 34.9 Å². The Labute approximate surface area is 177 Å². The summed E-state index contributed by atoms with van der Waals surface area (Å²) < 4.78 is 89.7. The third kappa shape index (κ3) is 4.40. The molecule has 2 aliphatic heterocycles. The van der Waals surface area contributed by atoms with Crippen LogP contribution in [0.15, 0.2) is 32.7 Å². The first kappa shape index (κ1) is 22.3. The molecule has 0 bridgehead atoms. The molecule has 31 heavy (non-hydrogen) atoms. The smallest absolute Gasteiger partial charge is 0.436 e. The zero-order chi connectivity index (χ0) is 23.1. The van der Waals surface area contributed by atoms with Gasteiger partial charge in [0.1, 0.15) is 23.5 Å². The fraction of sp³-hybridized carbons (Fsp3) is 0.188. The van der Waals surface area contributed by atoms with E-state index >= 15 is 0 Å². The minimum absolute atomic E-state index is 0.131. The van der Waals surface area contributed by atoms with E-state index in [1.54, 1.807) is 6.07 Å². The molecule has 0 aliphatic carbocycles. The van der Waals surface area contributed by atoms with Gasteiger partial charge in [0, 0.05) is 0 Å². The number of ether oxygens (including phenoxy) is 2. The van der Waals surface area contributed by atoms with Crippen LogP contribution in [0.25, 0.3) is 0 Å². The third-order valence-corrected chi connectivity index (χ3v) is 5.25. The molecule has 2 heterocycles. The molecule has 0 amide bonds. The van der Waals surface area contributed by atoms with Gasteiger partial charge in [-0.25, -0.2) is 0 Å². The van der Waals surface area contributed by atoms with Gasteiger partial charge in [-0.3, -0.25) is 0 Å². The number of nitriles is 3. The van der Waals surface area contributed by atoms with Crippen molar-refractivity contribution < 1.29 is 35.8 Å². The van der Waals surface area contributed by atoms with Crippen LogP contribution in [0, 0.1) is 34.0 Å². The van der Waals surface area contributed by atoms with Crippen molar-refractivity contribution in [3.8, 4) is 29.7 Å². The minimum Gasteiger partial charge on any atom is -0.436 e. The highest BCUT2D eigenvalue weighted by Crippen LogP contribution is 2.62. The zero-order valence-electron chi connectivity index (χ0n) is 14.7. The molecule has 160 valence electrons. The Hall–Kier alpha value is -3.35. The summed E-state index contributed by atoms with van der Waals surface area (Å²) in [5.74, 6) is -2.27. The van der Waals surface area contributed by atoms with Gasteiger partial charge in [-0.05, 0) is 30.4 Å². The molecule has 0 aromatic heterocycles. The summed E-state index contributed by atoms with van der Waals surface area (Å²) in [6.45, 7) is 1.25. The molecule has 2 N–H and O–H groups in total. The second kappa shape index (κ2) is 7.72. The number of benzene rings is 1. The van der Waals surface area contributed by atoms with E-state index < -0.39 is 78.7 Å². The van der Waals surface area contributed by atoms with Crippen molar-refractivity contribution in [2.24, 2.45) is 0 Å². The van der Waals surface area contributed by atoms with Gasteiger partial charge in [0.2, 0.25) is 11.8 Å². The summed E-state index contributed by atoms with van der Waals surface area (Å²) in [5, 5.41) is 31.6. The Morgan fingerprint density at radius 3 is 1.58 bits per heavy atom. The average molecular weight is 477 g/mol. The second-order valence-corrected chi connectivity index (χ2v) is 7.76. The number of hydrogen-bond acceptors (Lipinski definition) is 9. The average Bonchev–Trinajstić information content (AvgIpc) is 3.28. The lowest BCUT2D eigenvalue weighted by molar-refractivity contribution is -0.0338. The Bertz CT molecular complexity index is 1090. The number of thioether (sulfide) groups is 2. The van der Waals surface area contributed by atoms with E-state index in [4.69, 9.17) is 25.3 Å². The lowest BCUT2D eigenvalue weighted by Crippen LogP contribution is -2.04. The van der Waals surface area contributed by atoms with Crippen molar-refractivity contribution in [3.63, 3.8) is 0 Å². The Kier molecular flexibility index (Phi) is 5.56. The molecule has 1 aromatic carbocycles. The highest BCUT2D eigenvalue weighted by Gasteiger charge is 2.44. The zero-order valence-corrected chi connectivity index (χ0v) is 16.4. The van der Waals surface area contributed by atoms with Crippen LogP contribution in [0.5, 0.6) is 11.5 Å². The summed E-state index contributed by atoms with van der Waals surface area (Å²) in [4.78, 5) is -1.41. The van der Waals surface area contributed by atoms with Crippen molar-refractivity contribution in [1.29, 1.82) is 15.8 Å². The highest BCUT2D eigenvalue weighted by molar-refractivity contribution is 8.01. The number of anilines is 2. The molecular weight excluding hydrogens is 472 g/mol. The van der Waals surface area contributed by atoms with Crippen molar-refractivity contribution in [1.82, 2.24) is 0 Å². The summed E-state index contributed by atoms with van der Waals surface area (Å²) in [7, 11) is 0. The van der Waals surface area contributed by atoms with Gasteiger partial charge in [0.25, 0.3) is 0 Å². The summed E-state index contributed by atoms with van der Waals surface area (Å²) >= 11 is -1.41. The van der Waals surface area contributed by atoms with Crippen LogP contribution in [0.1, 0.15) is 6.92 Å². The van der Waals surface area contributed by atoms with E-state index in [1.807, 2.05) is 0 Å². The first-order valence-electron chi connectivity index (χ1n) is 7.69. The molecule has 15 heteroatoms. The summed E-state index contributed by atoms with van der Waals surface area (Å²) in [5.41, 5.74) is -11.7. The predicted octanol–water partition coefficient (Wildman–Crippen LogP) is 5.53. The largest absolute Gasteiger partial charge is 0.446 e. The molecule has 0 atom stereocenters. The normalized spacial score (nSPS) is 15.8. The molecular formula is C16H5F6N5O2S2. The molecule has 2 aliphatic rings. The maximum absolute atomic E-state index is 13.2. The van der Waals surface area contributed by atoms with E-state index in [0.717, 1.165) is 0 Å². The highest BCUT2D eigenvalue weighted by atomic mass is 32.2. The van der Waals surface area contributed by atoms with Gasteiger partial charge in [0.05, 0.1) is 21.4 Å². The van der Waals surface area contributed by atoms with Crippen LogP contribution in [0.2, 0.25) is 0 Å². The molecule has 0 spiro atoms. The van der Waals surface area contributed by atoms with E-state index in [1.165, 1.54) is 19.1 Å². The SMILES string of the molecule is C/C(C#N)=C1\Nc2c(c(SC(F)(F)F)c3c(c2SC(F)(F)F)OC(=C(C#N)C#N)N3)O1. The molecule has 3 rings (SSSR count). The van der Waals surface area contributed by atoms with Crippen molar-refractivity contribution in [2.75, 3.05) is 10.6 Å². The molecule has 0 radical (unpaired) electrons. The Morgan fingerprint density at radius 1 is 0.774 bits per heavy atom.